The van der Waals surface area contributed by atoms with Gasteiger partial charge in [-0.3, -0.25) is 4.79 Å². The summed E-state index contributed by atoms with van der Waals surface area (Å²) >= 11 is 0. The highest BCUT2D eigenvalue weighted by atomic mass is 19.4. The van der Waals surface area contributed by atoms with Crippen LogP contribution < -0.4 is 20.3 Å². The third-order valence-electron chi connectivity index (χ3n) is 7.75. The number of nitriles is 1. The number of alkyl halides is 6. The monoisotopic (exact) mass is 672 g/mol. The van der Waals surface area contributed by atoms with Crippen molar-refractivity contribution in [2.75, 3.05) is 49.8 Å². The molecule has 0 aliphatic carbocycles. The summed E-state index contributed by atoms with van der Waals surface area (Å²) in [6, 6.07) is 7.42. The first-order chi connectivity index (χ1) is 22.6. The lowest BCUT2D eigenvalue weighted by molar-refractivity contribution is -0.274. The highest BCUT2D eigenvalue weighted by Gasteiger charge is 2.37. The van der Waals surface area contributed by atoms with Crippen LogP contribution >= 0.6 is 0 Å². The van der Waals surface area contributed by atoms with Crippen LogP contribution in [0.1, 0.15) is 23.1 Å². The van der Waals surface area contributed by atoms with Gasteiger partial charge in [0.1, 0.15) is 5.56 Å². The number of aryl methyl sites for hydroxylation is 2. The molecule has 16 heteroatoms. The van der Waals surface area contributed by atoms with E-state index in [1.165, 1.54) is 6.20 Å². The molecule has 2 N–H and O–H groups in total. The largest absolute Gasteiger partial charge is 0.573 e. The topological polar surface area (TPSA) is 111 Å². The molecule has 0 unspecified atom stereocenters. The van der Waals surface area contributed by atoms with Gasteiger partial charge in [0.05, 0.1) is 39.9 Å². The Kier molecular flexibility index (Phi) is 9.27. The third-order valence-corrected chi connectivity index (χ3v) is 7.75. The lowest BCUT2D eigenvalue weighted by Crippen LogP contribution is -2.29. The zero-order valence-corrected chi connectivity index (χ0v) is 26.1. The van der Waals surface area contributed by atoms with Crippen molar-refractivity contribution in [3.63, 3.8) is 0 Å². The fraction of sp³-hybridized carbons (Fsp3) is 0.312. The van der Waals surface area contributed by atoms with Gasteiger partial charge in [-0.05, 0) is 50.7 Å². The SMILES string of the molecule is C=CC(=O)Nc1cc(Nc2ncc(C(F)(F)F)c(-c3cn4c5c(c(C#N)ccc35)CCC4)n2)c(OC(F)(F)F)cc1N(C)CCN(C)C. The summed E-state index contributed by atoms with van der Waals surface area (Å²) in [4.78, 5) is 23.7. The van der Waals surface area contributed by atoms with E-state index in [0.29, 0.717) is 60.7 Å². The van der Waals surface area contributed by atoms with E-state index in [9.17, 15) is 36.4 Å². The molecule has 1 amide bonds. The summed E-state index contributed by atoms with van der Waals surface area (Å²) in [6.45, 7) is 4.77. The molecule has 252 valence electrons. The first-order valence-corrected chi connectivity index (χ1v) is 14.6. The van der Waals surface area contributed by atoms with E-state index in [-0.39, 0.29) is 22.6 Å². The molecule has 3 heterocycles. The molecule has 48 heavy (non-hydrogen) atoms. The number of aromatic nitrogens is 3. The summed E-state index contributed by atoms with van der Waals surface area (Å²) < 4.78 is 90.0. The second-order valence-electron chi connectivity index (χ2n) is 11.3. The predicted octanol–water partition coefficient (Wildman–Crippen LogP) is 6.70. The molecule has 2 aromatic carbocycles. The molecular weight excluding hydrogens is 642 g/mol. The summed E-state index contributed by atoms with van der Waals surface area (Å²) in [5, 5.41) is 15.2. The number of nitrogens with zero attached hydrogens (tertiary/aromatic N) is 6. The first kappa shape index (κ1) is 34.0. The average Bonchev–Trinajstić information content (AvgIpc) is 3.40. The number of hydrogen-bond acceptors (Lipinski definition) is 8. The molecule has 0 atom stereocenters. The smallest absolute Gasteiger partial charge is 0.403 e. The Morgan fingerprint density at radius 2 is 1.90 bits per heavy atom. The minimum absolute atomic E-state index is 0.0626. The summed E-state index contributed by atoms with van der Waals surface area (Å²) in [5.41, 5.74) is 0.0232. The number of amides is 1. The Labute approximate surface area is 271 Å². The van der Waals surface area contributed by atoms with Gasteiger partial charge in [-0.15, -0.1) is 13.2 Å². The van der Waals surface area contributed by atoms with Gasteiger partial charge in [0.15, 0.2) is 5.75 Å². The van der Waals surface area contributed by atoms with Crippen LogP contribution in [0.15, 0.2) is 49.3 Å². The highest BCUT2D eigenvalue weighted by Crippen LogP contribution is 2.43. The van der Waals surface area contributed by atoms with Crippen LogP contribution in [-0.2, 0) is 23.9 Å². The normalized spacial score (nSPS) is 12.9. The quantitative estimate of drug-likeness (QED) is 0.142. The van der Waals surface area contributed by atoms with Crippen LogP contribution in [0.25, 0.3) is 22.2 Å². The third kappa shape index (κ3) is 7.15. The molecule has 4 aromatic rings. The Morgan fingerprint density at radius 1 is 1.15 bits per heavy atom. The van der Waals surface area contributed by atoms with Gasteiger partial charge >= 0.3 is 12.5 Å². The van der Waals surface area contributed by atoms with Crippen molar-refractivity contribution < 1.29 is 35.9 Å². The Morgan fingerprint density at radius 3 is 2.54 bits per heavy atom. The maximum absolute atomic E-state index is 14.3. The molecule has 5 rings (SSSR count). The second-order valence-corrected chi connectivity index (χ2v) is 11.3. The lowest BCUT2D eigenvalue weighted by Gasteiger charge is -2.26. The van der Waals surface area contributed by atoms with Gasteiger partial charge in [0.25, 0.3) is 0 Å². The number of nitrogens with one attached hydrogen (secondary N) is 2. The van der Waals surface area contributed by atoms with Crippen LogP contribution in [-0.4, -0.2) is 65.9 Å². The lowest BCUT2D eigenvalue weighted by atomic mass is 9.96. The number of ether oxygens (including phenoxy) is 1. The van der Waals surface area contributed by atoms with E-state index in [4.69, 9.17) is 0 Å². The minimum Gasteiger partial charge on any atom is -0.403 e. The molecule has 0 radical (unpaired) electrons. The molecule has 10 nitrogen and oxygen atoms in total. The van der Waals surface area contributed by atoms with Gasteiger partial charge < -0.3 is 29.7 Å². The van der Waals surface area contributed by atoms with E-state index in [1.807, 2.05) is 19.0 Å². The van der Waals surface area contributed by atoms with Crippen LogP contribution in [0, 0.1) is 11.3 Å². The van der Waals surface area contributed by atoms with Gasteiger partial charge in [-0.1, -0.05) is 12.6 Å². The minimum atomic E-state index is -5.15. The van der Waals surface area contributed by atoms with Gasteiger partial charge in [-0.25, -0.2) is 9.97 Å². The number of carbonyl (C=O) groups is 1. The number of likely N-dealkylation sites (N-methyl/N-ethyl adjacent to an activating group) is 2. The summed E-state index contributed by atoms with van der Waals surface area (Å²) in [7, 11) is 5.23. The number of benzene rings is 2. The molecule has 0 saturated carbocycles. The van der Waals surface area contributed by atoms with Crippen molar-refractivity contribution in [1.29, 1.82) is 5.26 Å². The van der Waals surface area contributed by atoms with Gasteiger partial charge in [0.2, 0.25) is 11.9 Å². The Balaban J connectivity index is 1.66. The van der Waals surface area contributed by atoms with E-state index in [0.717, 1.165) is 18.2 Å². The summed E-state index contributed by atoms with van der Waals surface area (Å²) in [5.74, 6) is -1.87. The van der Waals surface area contributed by atoms with Crippen molar-refractivity contribution in [2.45, 2.75) is 31.9 Å². The molecule has 0 bridgehead atoms. The zero-order valence-electron chi connectivity index (χ0n) is 26.1. The number of carbonyl (C=O) groups excluding carboxylic acids is 1. The number of hydrogen-bond donors (Lipinski definition) is 2. The first-order valence-electron chi connectivity index (χ1n) is 14.6. The van der Waals surface area contributed by atoms with Crippen molar-refractivity contribution in [3.8, 4) is 23.1 Å². The predicted molar refractivity (Wildman–Crippen MR) is 168 cm³/mol. The molecule has 1 aliphatic heterocycles. The van der Waals surface area contributed by atoms with E-state index in [2.05, 4.69) is 38.0 Å². The standard InChI is InChI=1S/C32H30F6N8O2/c1-5-27(47)41-23-13-24(26(48-32(36,37)38)14-25(23)45(4)12-11-44(2)3)42-30-40-16-22(31(33,34)35)28(43-30)21-17-46-10-6-7-19-18(15-39)8-9-20(21)29(19)46/h5,8-9,13-14,16-17H,1,6-7,10-12H2,2-4H3,(H,41,47)(H,40,42,43). The molecule has 0 saturated heterocycles. The molecule has 0 spiro atoms. The van der Waals surface area contributed by atoms with Crippen molar-refractivity contribution >= 4 is 39.8 Å². The number of halogens is 6. The van der Waals surface area contributed by atoms with Crippen LogP contribution in [0.4, 0.5) is 49.4 Å². The maximum atomic E-state index is 14.3. The Hall–Kier alpha value is -5.30. The molecule has 1 aliphatic rings. The van der Waals surface area contributed by atoms with Crippen molar-refractivity contribution in [1.82, 2.24) is 19.4 Å². The highest BCUT2D eigenvalue weighted by molar-refractivity contribution is 6.02. The number of rotatable bonds is 10. The fourth-order valence-electron chi connectivity index (χ4n) is 5.54. The van der Waals surface area contributed by atoms with E-state index < -0.39 is 41.4 Å². The maximum Gasteiger partial charge on any atom is 0.573 e. The van der Waals surface area contributed by atoms with Crippen molar-refractivity contribution in [3.05, 3.63) is 66.0 Å². The zero-order chi connectivity index (χ0) is 35.0. The van der Waals surface area contributed by atoms with Crippen LogP contribution in [0.5, 0.6) is 5.75 Å². The molecule has 0 fully saturated rings. The van der Waals surface area contributed by atoms with E-state index >= 15 is 0 Å². The van der Waals surface area contributed by atoms with Crippen LogP contribution in [0.3, 0.4) is 0 Å². The average molecular weight is 673 g/mol. The van der Waals surface area contributed by atoms with Gasteiger partial charge in [0, 0.05) is 56.1 Å². The molecular formula is C32H30F6N8O2. The van der Waals surface area contributed by atoms with Gasteiger partial charge in [-0.2, -0.15) is 18.4 Å². The summed E-state index contributed by atoms with van der Waals surface area (Å²) in [6.07, 6.45) is -5.75. The molecule has 2 aromatic heterocycles. The Bertz CT molecular complexity index is 1930. The van der Waals surface area contributed by atoms with E-state index in [1.54, 1.807) is 28.6 Å². The second kappa shape index (κ2) is 13.1. The van der Waals surface area contributed by atoms with Crippen molar-refractivity contribution in [2.24, 2.45) is 0 Å². The fourth-order valence-corrected chi connectivity index (χ4v) is 5.54. The number of anilines is 4. The van der Waals surface area contributed by atoms with Crippen LogP contribution in [0.2, 0.25) is 0 Å².